The fraction of sp³-hybridized carbons (Fsp3) is 0.350. The molecule has 0 fully saturated rings. The fourth-order valence-corrected chi connectivity index (χ4v) is 2.88. The van der Waals surface area contributed by atoms with Crippen molar-refractivity contribution < 1.29 is 23.0 Å². The van der Waals surface area contributed by atoms with Crippen molar-refractivity contribution >= 4 is 5.91 Å². The predicted molar refractivity (Wildman–Crippen MR) is 96.8 cm³/mol. The molecule has 7 heteroatoms. The summed E-state index contributed by atoms with van der Waals surface area (Å²) in [5.74, 6) is 0.0955. The summed E-state index contributed by atoms with van der Waals surface area (Å²) < 4.78 is 38.7. The van der Waals surface area contributed by atoms with Gasteiger partial charge in [-0.3, -0.25) is 9.69 Å². The zero-order valence-corrected chi connectivity index (χ0v) is 15.2. The lowest BCUT2D eigenvalue weighted by molar-refractivity contribution is -0.122. The maximum Gasteiger partial charge on any atom is 0.234 e. The molecule has 2 aromatic rings. The molecule has 2 unspecified atom stereocenters. The second-order valence-corrected chi connectivity index (χ2v) is 6.56. The van der Waals surface area contributed by atoms with Crippen molar-refractivity contribution in [3.8, 4) is 11.5 Å². The van der Waals surface area contributed by atoms with Gasteiger partial charge >= 0.3 is 0 Å². The smallest absolute Gasteiger partial charge is 0.234 e. The van der Waals surface area contributed by atoms with E-state index in [0.717, 1.165) is 18.2 Å². The molecule has 1 heterocycles. The highest BCUT2D eigenvalue weighted by Crippen LogP contribution is 2.30. The molecule has 0 radical (unpaired) electrons. The number of carbonyl (C=O) groups excluding carboxylic acids is 1. The highest BCUT2D eigenvalue weighted by atomic mass is 19.1. The average molecular weight is 376 g/mol. The molecule has 0 aliphatic carbocycles. The second-order valence-electron chi connectivity index (χ2n) is 6.56. The molecule has 5 nitrogen and oxygen atoms in total. The number of likely N-dealkylation sites (N-methyl/N-ethyl adjacent to an activating group) is 1. The van der Waals surface area contributed by atoms with E-state index in [-0.39, 0.29) is 24.1 Å². The van der Waals surface area contributed by atoms with Crippen LogP contribution in [0.15, 0.2) is 42.5 Å². The fourth-order valence-electron chi connectivity index (χ4n) is 2.88. The minimum absolute atomic E-state index is 0.0429. The van der Waals surface area contributed by atoms with Crippen molar-refractivity contribution in [1.29, 1.82) is 0 Å². The van der Waals surface area contributed by atoms with E-state index in [0.29, 0.717) is 24.7 Å². The maximum absolute atomic E-state index is 13.9. The zero-order chi connectivity index (χ0) is 19.4. The summed E-state index contributed by atoms with van der Waals surface area (Å²) in [6.45, 7) is 2.41. The van der Waals surface area contributed by atoms with E-state index in [9.17, 15) is 13.6 Å². The van der Waals surface area contributed by atoms with Gasteiger partial charge in [0.1, 0.15) is 24.3 Å². The van der Waals surface area contributed by atoms with Gasteiger partial charge in [-0.1, -0.05) is 12.1 Å². The Hall–Kier alpha value is -2.67. The number of rotatable bonds is 6. The molecule has 0 spiro atoms. The van der Waals surface area contributed by atoms with Crippen molar-refractivity contribution in [3.63, 3.8) is 0 Å². The number of carbonyl (C=O) groups is 1. The molecule has 2 atom stereocenters. The van der Waals surface area contributed by atoms with Crippen LogP contribution in [0.5, 0.6) is 11.5 Å². The van der Waals surface area contributed by atoms with Gasteiger partial charge in [-0.05, 0) is 44.3 Å². The number of para-hydroxylation sites is 2. The first-order valence-electron chi connectivity index (χ1n) is 8.74. The lowest BCUT2D eigenvalue weighted by atomic mass is 10.1. The molecule has 1 amide bonds. The Labute approximate surface area is 156 Å². The summed E-state index contributed by atoms with van der Waals surface area (Å²) in [6, 6.07) is 10.2. The zero-order valence-electron chi connectivity index (χ0n) is 15.2. The number of fused-ring (bicyclic) bond motifs is 1. The van der Waals surface area contributed by atoms with Gasteiger partial charge in [0.05, 0.1) is 13.1 Å². The first kappa shape index (κ1) is 19.1. The number of hydrogen-bond donors (Lipinski definition) is 1. The number of halogens is 2. The van der Waals surface area contributed by atoms with Crippen molar-refractivity contribution in [2.24, 2.45) is 0 Å². The van der Waals surface area contributed by atoms with Crippen LogP contribution in [0.1, 0.15) is 18.5 Å². The predicted octanol–water partition coefficient (Wildman–Crippen LogP) is 2.91. The van der Waals surface area contributed by atoms with E-state index >= 15 is 0 Å². The van der Waals surface area contributed by atoms with Gasteiger partial charge < -0.3 is 14.8 Å². The Bertz CT molecular complexity index is 816. The van der Waals surface area contributed by atoms with E-state index in [1.54, 1.807) is 18.9 Å². The van der Waals surface area contributed by atoms with Crippen LogP contribution in [0.2, 0.25) is 0 Å². The van der Waals surface area contributed by atoms with E-state index in [1.807, 2.05) is 24.3 Å². The van der Waals surface area contributed by atoms with Crippen LogP contribution < -0.4 is 14.8 Å². The molecule has 1 aliphatic heterocycles. The Kier molecular flexibility index (Phi) is 5.91. The topological polar surface area (TPSA) is 50.8 Å². The number of nitrogens with one attached hydrogen (secondary N) is 1. The molecule has 27 heavy (non-hydrogen) atoms. The molecule has 3 rings (SSSR count). The van der Waals surface area contributed by atoms with Crippen molar-refractivity contribution in [2.75, 3.05) is 26.7 Å². The Morgan fingerprint density at radius 3 is 2.78 bits per heavy atom. The van der Waals surface area contributed by atoms with E-state index in [1.165, 1.54) is 0 Å². The lowest BCUT2D eigenvalue weighted by Crippen LogP contribution is -2.44. The van der Waals surface area contributed by atoms with E-state index in [2.05, 4.69) is 5.32 Å². The van der Waals surface area contributed by atoms with Gasteiger partial charge in [0.25, 0.3) is 0 Å². The van der Waals surface area contributed by atoms with Crippen LogP contribution in [-0.2, 0) is 4.79 Å². The van der Waals surface area contributed by atoms with E-state index < -0.39 is 17.7 Å². The molecule has 0 bridgehead atoms. The molecule has 1 aliphatic rings. The summed E-state index contributed by atoms with van der Waals surface area (Å²) in [4.78, 5) is 13.9. The number of hydrogen-bond acceptors (Lipinski definition) is 4. The van der Waals surface area contributed by atoms with Gasteiger partial charge in [-0.2, -0.15) is 0 Å². The molecule has 0 aromatic heterocycles. The van der Waals surface area contributed by atoms with Gasteiger partial charge in [-0.25, -0.2) is 8.78 Å². The molecule has 0 saturated heterocycles. The van der Waals surface area contributed by atoms with Crippen molar-refractivity contribution in [1.82, 2.24) is 10.2 Å². The first-order valence-corrected chi connectivity index (χ1v) is 8.74. The minimum atomic E-state index is -0.508. The Morgan fingerprint density at radius 1 is 1.26 bits per heavy atom. The van der Waals surface area contributed by atoms with Crippen molar-refractivity contribution in [2.45, 2.75) is 19.1 Å². The van der Waals surface area contributed by atoms with Gasteiger partial charge in [0, 0.05) is 11.6 Å². The van der Waals surface area contributed by atoms with Crippen LogP contribution in [0, 0.1) is 11.6 Å². The molecule has 1 N–H and O–H groups in total. The highest BCUT2D eigenvalue weighted by molar-refractivity contribution is 5.78. The highest BCUT2D eigenvalue weighted by Gasteiger charge is 2.22. The Morgan fingerprint density at radius 2 is 2.00 bits per heavy atom. The van der Waals surface area contributed by atoms with E-state index in [4.69, 9.17) is 9.47 Å². The van der Waals surface area contributed by atoms with Crippen molar-refractivity contribution in [3.05, 3.63) is 59.7 Å². The van der Waals surface area contributed by atoms with Crippen LogP contribution in [0.4, 0.5) is 8.78 Å². The number of benzene rings is 2. The summed E-state index contributed by atoms with van der Waals surface area (Å²) in [6.07, 6.45) is -0.285. The van der Waals surface area contributed by atoms with Crippen LogP contribution in [0.25, 0.3) is 0 Å². The van der Waals surface area contributed by atoms with Gasteiger partial charge in [0.2, 0.25) is 5.91 Å². The molecular formula is C20H22F2N2O3. The SMILES string of the molecule is CC(c1cc(F)ccc1F)N(C)CC(=O)NCC1COc2ccccc2O1. The monoisotopic (exact) mass is 376 g/mol. The van der Waals surface area contributed by atoms with Gasteiger partial charge in [-0.15, -0.1) is 0 Å². The largest absolute Gasteiger partial charge is 0.486 e. The summed E-state index contributed by atoms with van der Waals surface area (Å²) in [5, 5.41) is 2.79. The van der Waals surface area contributed by atoms with Crippen LogP contribution in [0.3, 0.4) is 0 Å². The minimum Gasteiger partial charge on any atom is -0.486 e. The van der Waals surface area contributed by atoms with Crippen LogP contribution in [-0.4, -0.2) is 43.7 Å². The molecule has 2 aromatic carbocycles. The lowest BCUT2D eigenvalue weighted by Gasteiger charge is -2.28. The first-order chi connectivity index (χ1) is 12.9. The number of nitrogens with zero attached hydrogens (tertiary/aromatic N) is 1. The van der Waals surface area contributed by atoms with Crippen LogP contribution >= 0.6 is 0 Å². The molecular weight excluding hydrogens is 354 g/mol. The third-order valence-corrected chi connectivity index (χ3v) is 4.56. The number of amides is 1. The average Bonchev–Trinajstić information content (AvgIpc) is 2.67. The standard InChI is InChI=1S/C20H22F2N2O3/c1-13(16-9-14(21)7-8-17(16)22)24(2)11-20(25)23-10-15-12-26-18-5-3-4-6-19(18)27-15/h3-9,13,15H,10-12H2,1-2H3,(H,23,25). The third-order valence-electron chi connectivity index (χ3n) is 4.56. The number of ether oxygens (including phenoxy) is 2. The quantitative estimate of drug-likeness (QED) is 0.842. The summed E-state index contributed by atoms with van der Waals surface area (Å²) >= 11 is 0. The Balaban J connectivity index is 1.50. The molecule has 0 saturated carbocycles. The maximum atomic E-state index is 13.9. The second kappa shape index (κ2) is 8.35. The summed E-state index contributed by atoms with van der Waals surface area (Å²) in [7, 11) is 1.69. The molecule has 144 valence electrons. The van der Waals surface area contributed by atoms with Gasteiger partial charge in [0.15, 0.2) is 11.5 Å². The summed E-state index contributed by atoms with van der Waals surface area (Å²) in [5.41, 5.74) is 0.214. The third kappa shape index (κ3) is 4.74. The normalized spacial score (nSPS) is 16.9.